The summed E-state index contributed by atoms with van der Waals surface area (Å²) in [5.41, 5.74) is 0.915. The van der Waals surface area contributed by atoms with Gasteiger partial charge in [0.1, 0.15) is 11.6 Å². The summed E-state index contributed by atoms with van der Waals surface area (Å²) in [6.45, 7) is 6.62. The number of hydrogen-bond acceptors (Lipinski definition) is 3. The Balaban J connectivity index is 2.81. The van der Waals surface area contributed by atoms with E-state index < -0.39 is 0 Å². The largest absolute Gasteiger partial charge is 0.360 e. The molecule has 90 valence electrons. The minimum absolute atomic E-state index is 0.276. The molecule has 0 spiro atoms. The average molecular weight is 225 g/mol. The van der Waals surface area contributed by atoms with Crippen molar-refractivity contribution in [1.82, 2.24) is 10.3 Å². The first-order chi connectivity index (χ1) is 7.69. The Labute approximate surface area is 96.7 Å². The molecule has 1 aromatic rings. The van der Waals surface area contributed by atoms with Crippen LogP contribution < -0.4 is 10.2 Å². The fourth-order valence-electron chi connectivity index (χ4n) is 1.50. The lowest BCUT2D eigenvalue weighted by Gasteiger charge is -2.19. The number of rotatable bonds is 6. The van der Waals surface area contributed by atoms with Crippen LogP contribution in [-0.2, 0) is 6.54 Å². The molecule has 0 fully saturated rings. The van der Waals surface area contributed by atoms with Crippen LogP contribution in [-0.4, -0.2) is 25.1 Å². The first kappa shape index (κ1) is 12.9. The monoisotopic (exact) mass is 225 g/mol. The number of aromatic nitrogens is 1. The van der Waals surface area contributed by atoms with Gasteiger partial charge in [-0.25, -0.2) is 9.37 Å². The van der Waals surface area contributed by atoms with Crippen molar-refractivity contribution >= 4 is 5.82 Å². The van der Waals surface area contributed by atoms with Gasteiger partial charge < -0.3 is 10.2 Å². The van der Waals surface area contributed by atoms with Crippen molar-refractivity contribution in [3.8, 4) is 0 Å². The molecule has 0 saturated carbocycles. The lowest BCUT2D eigenvalue weighted by atomic mass is 10.2. The second-order valence-corrected chi connectivity index (χ2v) is 3.83. The van der Waals surface area contributed by atoms with Crippen molar-refractivity contribution < 1.29 is 4.39 Å². The van der Waals surface area contributed by atoms with E-state index in [1.54, 1.807) is 6.07 Å². The Morgan fingerprint density at radius 2 is 2.19 bits per heavy atom. The van der Waals surface area contributed by atoms with Crippen LogP contribution in [0.15, 0.2) is 12.3 Å². The Bertz CT molecular complexity index is 328. The second-order valence-electron chi connectivity index (χ2n) is 3.83. The Hall–Kier alpha value is -1.16. The number of halogens is 1. The summed E-state index contributed by atoms with van der Waals surface area (Å²) in [5.74, 6) is 0.578. The van der Waals surface area contributed by atoms with Crippen LogP contribution >= 0.6 is 0 Å². The molecule has 4 heteroatoms. The van der Waals surface area contributed by atoms with E-state index in [1.165, 1.54) is 6.20 Å². The zero-order valence-electron chi connectivity index (χ0n) is 10.3. The van der Waals surface area contributed by atoms with Gasteiger partial charge in [-0.15, -0.1) is 0 Å². The average Bonchev–Trinajstić information content (AvgIpc) is 2.29. The maximum Gasteiger partial charge on any atom is 0.141 e. The molecule has 1 rings (SSSR count). The van der Waals surface area contributed by atoms with Gasteiger partial charge in [0.15, 0.2) is 0 Å². The van der Waals surface area contributed by atoms with Gasteiger partial charge in [0.05, 0.1) is 6.20 Å². The SMILES string of the molecule is CCCNCc1cc(F)cnc1N(C)CC. The Kier molecular flexibility index (Phi) is 5.19. The molecule has 0 aliphatic heterocycles. The molecule has 0 aromatic carbocycles. The summed E-state index contributed by atoms with van der Waals surface area (Å²) in [5, 5.41) is 3.26. The highest BCUT2D eigenvalue weighted by molar-refractivity contribution is 5.45. The van der Waals surface area contributed by atoms with E-state index in [1.807, 2.05) is 18.9 Å². The summed E-state index contributed by atoms with van der Waals surface area (Å²) in [7, 11) is 1.96. The van der Waals surface area contributed by atoms with E-state index in [9.17, 15) is 4.39 Å². The van der Waals surface area contributed by atoms with Crippen LogP contribution in [0.1, 0.15) is 25.8 Å². The van der Waals surface area contributed by atoms with Crippen molar-refractivity contribution in [3.05, 3.63) is 23.6 Å². The first-order valence-electron chi connectivity index (χ1n) is 5.75. The van der Waals surface area contributed by atoms with Gasteiger partial charge in [-0.3, -0.25) is 0 Å². The van der Waals surface area contributed by atoms with Crippen molar-refractivity contribution in [2.24, 2.45) is 0 Å². The van der Waals surface area contributed by atoms with Crippen LogP contribution in [0.2, 0.25) is 0 Å². The molecular weight excluding hydrogens is 205 g/mol. The first-order valence-corrected chi connectivity index (χ1v) is 5.75. The molecule has 0 radical (unpaired) electrons. The third kappa shape index (κ3) is 3.45. The van der Waals surface area contributed by atoms with Gasteiger partial charge in [-0.2, -0.15) is 0 Å². The fraction of sp³-hybridized carbons (Fsp3) is 0.583. The number of anilines is 1. The number of hydrogen-bond donors (Lipinski definition) is 1. The lowest BCUT2D eigenvalue weighted by Crippen LogP contribution is -2.22. The van der Waals surface area contributed by atoms with Crippen LogP contribution in [0.25, 0.3) is 0 Å². The third-order valence-corrected chi connectivity index (χ3v) is 2.49. The quantitative estimate of drug-likeness (QED) is 0.752. The highest BCUT2D eigenvalue weighted by Gasteiger charge is 2.08. The van der Waals surface area contributed by atoms with Gasteiger partial charge in [0.2, 0.25) is 0 Å². The topological polar surface area (TPSA) is 28.2 Å². The van der Waals surface area contributed by atoms with Gasteiger partial charge in [0, 0.05) is 25.7 Å². The van der Waals surface area contributed by atoms with E-state index >= 15 is 0 Å². The maximum atomic E-state index is 13.1. The minimum atomic E-state index is -0.276. The standard InChI is InChI=1S/C12H20FN3/c1-4-6-14-8-10-7-11(13)9-15-12(10)16(3)5-2/h7,9,14H,4-6,8H2,1-3H3. The van der Waals surface area contributed by atoms with Crippen LogP contribution in [0, 0.1) is 5.82 Å². The van der Waals surface area contributed by atoms with Crippen molar-refractivity contribution in [2.45, 2.75) is 26.8 Å². The zero-order chi connectivity index (χ0) is 12.0. The summed E-state index contributed by atoms with van der Waals surface area (Å²) in [6.07, 6.45) is 2.34. The van der Waals surface area contributed by atoms with E-state index in [2.05, 4.69) is 17.2 Å². The van der Waals surface area contributed by atoms with Crippen LogP contribution in [0.3, 0.4) is 0 Å². The molecule has 1 aromatic heterocycles. The molecule has 0 atom stereocenters. The second kappa shape index (κ2) is 6.43. The predicted molar refractivity (Wildman–Crippen MR) is 65.1 cm³/mol. The van der Waals surface area contributed by atoms with Crippen molar-refractivity contribution in [1.29, 1.82) is 0 Å². The van der Waals surface area contributed by atoms with E-state index in [0.717, 1.165) is 30.9 Å². The molecule has 1 heterocycles. The zero-order valence-corrected chi connectivity index (χ0v) is 10.3. The summed E-state index contributed by atoms with van der Waals surface area (Å²) in [6, 6.07) is 1.55. The third-order valence-electron chi connectivity index (χ3n) is 2.49. The van der Waals surface area contributed by atoms with Gasteiger partial charge in [-0.1, -0.05) is 6.92 Å². The van der Waals surface area contributed by atoms with E-state index in [0.29, 0.717) is 6.54 Å². The molecule has 16 heavy (non-hydrogen) atoms. The molecule has 0 aliphatic rings. The molecule has 0 bridgehead atoms. The smallest absolute Gasteiger partial charge is 0.141 e. The van der Waals surface area contributed by atoms with Gasteiger partial charge in [-0.05, 0) is 26.0 Å². The number of nitrogens with zero attached hydrogens (tertiary/aromatic N) is 2. The lowest BCUT2D eigenvalue weighted by molar-refractivity contribution is 0.610. The van der Waals surface area contributed by atoms with Crippen LogP contribution in [0.4, 0.5) is 10.2 Å². The maximum absolute atomic E-state index is 13.1. The number of nitrogens with one attached hydrogen (secondary N) is 1. The Morgan fingerprint density at radius 1 is 1.44 bits per heavy atom. The summed E-state index contributed by atoms with van der Waals surface area (Å²) < 4.78 is 13.1. The molecule has 0 saturated heterocycles. The minimum Gasteiger partial charge on any atom is -0.360 e. The van der Waals surface area contributed by atoms with Crippen molar-refractivity contribution in [3.63, 3.8) is 0 Å². The molecule has 3 nitrogen and oxygen atoms in total. The summed E-state index contributed by atoms with van der Waals surface area (Å²) in [4.78, 5) is 6.15. The molecule has 0 aliphatic carbocycles. The molecular formula is C12H20FN3. The van der Waals surface area contributed by atoms with E-state index in [-0.39, 0.29) is 5.82 Å². The fourth-order valence-corrected chi connectivity index (χ4v) is 1.50. The molecule has 0 amide bonds. The molecule has 0 unspecified atom stereocenters. The highest BCUT2D eigenvalue weighted by atomic mass is 19.1. The molecule has 1 N–H and O–H groups in total. The van der Waals surface area contributed by atoms with E-state index in [4.69, 9.17) is 0 Å². The van der Waals surface area contributed by atoms with Gasteiger partial charge >= 0.3 is 0 Å². The predicted octanol–water partition coefficient (Wildman–Crippen LogP) is 2.18. The Morgan fingerprint density at radius 3 is 2.81 bits per heavy atom. The normalized spacial score (nSPS) is 10.5. The summed E-state index contributed by atoms with van der Waals surface area (Å²) >= 11 is 0. The highest BCUT2D eigenvalue weighted by Crippen LogP contribution is 2.16. The number of pyridine rings is 1. The van der Waals surface area contributed by atoms with Gasteiger partial charge in [0.25, 0.3) is 0 Å². The van der Waals surface area contributed by atoms with Crippen LogP contribution in [0.5, 0.6) is 0 Å². The van der Waals surface area contributed by atoms with Crippen molar-refractivity contribution in [2.75, 3.05) is 25.0 Å².